The Morgan fingerprint density at radius 3 is 2.32 bits per heavy atom. The van der Waals surface area contributed by atoms with Gasteiger partial charge in [-0.25, -0.2) is 8.42 Å². The number of sulfonamides is 1. The molecule has 41 heavy (non-hydrogen) atoms. The van der Waals surface area contributed by atoms with Crippen LogP contribution in [0.3, 0.4) is 0 Å². The Morgan fingerprint density at radius 1 is 1.00 bits per heavy atom. The zero-order valence-corrected chi connectivity index (χ0v) is 25.7. The molecule has 1 atom stereocenters. The SMILES string of the molecule is CCCCNC(=O)C(Cc1ccccc1)N(Cc1ccccc1Cl)C(=O)CN(c1cc(Cl)ccc1OC)S(C)(=O)=O. The summed E-state index contributed by atoms with van der Waals surface area (Å²) in [5, 5.41) is 3.64. The van der Waals surface area contributed by atoms with E-state index in [1.807, 2.05) is 37.3 Å². The average molecular weight is 621 g/mol. The number of rotatable bonds is 14. The van der Waals surface area contributed by atoms with Gasteiger partial charge in [-0.3, -0.25) is 13.9 Å². The zero-order chi connectivity index (χ0) is 30.0. The Balaban J connectivity index is 2.09. The number of benzene rings is 3. The van der Waals surface area contributed by atoms with Gasteiger partial charge < -0.3 is 15.0 Å². The highest BCUT2D eigenvalue weighted by Crippen LogP contribution is 2.33. The van der Waals surface area contributed by atoms with Crippen molar-refractivity contribution in [3.8, 4) is 5.75 Å². The molecule has 3 rings (SSSR count). The fourth-order valence-corrected chi connectivity index (χ4v) is 5.53. The van der Waals surface area contributed by atoms with Gasteiger partial charge in [-0.1, -0.05) is 85.1 Å². The highest BCUT2D eigenvalue weighted by molar-refractivity contribution is 7.92. The molecule has 0 aliphatic rings. The molecule has 3 aromatic carbocycles. The first-order valence-electron chi connectivity index (χ1n) is 13.2. The van der Waals surface area contributed by atoms with Crippen LogP contribution in [-0.4, -0.2) is 57.6 Å². The molecule has 0 heterocycles. The van der Waals surface area contributed by atoms with Crippen LogP contribution < -0.4 is 14.4 Å². The van der Waals surface area contributed by atoms with Gasteiger partial charge in [0.2, 0.25) is 21.8 Å². The van der Waals surface area contributed by atoms with Crippen molar-refractivity contribution in [2.75, 3.05) is 30.8 Å². The van der Waals surface area contributed by atoms with Crippen molar-refractivity contribution in [1.82, 2.24) is 10.2 Å². The van der Waals surface area contributed by atoms with Crippen molar-refractivity contribution in [1.29, 1.82) is 0 Å². The van der Waals surface area contributed by atoms with Crippen molar-refractivity contribution in [2.45, 2.75) is 38.8 Å². The lowest BCUT2D eigenvalue weighted by Crippen LogP contribution is -2.53. The third-order valence-electron chi connectivity index (χ3n) is 6.49. The van der Waals surface area contributed by atoms with Crippen molar-refractivity contribution in [3.05, 3.63) is 94.0 Å². The van der Waals surface area contributed by atoms with Crippen molar-refractivity contribution in [3.63, 3.8) is 0 Å². The minimum absolute atomic E-state index is 0.0124. The Morgan fingerprint density at radius 2 is 1.68 bits per heavy atom. The molecule has 1 unspecified atom stereocenters. The van der Waals surface area contributed by atoms with Gasteiger partial charge in [0.1, 0.15) is 18.3 Å². The number of nitrogens with zero attached hydrogens (tertiary/aromatic N) is 2. The number of hydrogen-bond acceptors (Lipinski definition) is 5. The van der Waals surface area contributed by atoms with Crippen LogP contribution in [-0.2, 0) is 32.6 Å². The molecule has 8 nitrogen and oxygen atoms in total. The van der Waals surface area contributed by atoms with E-state index in [1.165, 1.54) is 24.1 Å². The second kappa shape index (κ2) is 15.1. The number of hydrogen-bond donors (Lipinski definition) is 1. The number of methoxy groups -OCH3 is 1. The number of unbranched alkanes of at least 4 members (excludes halogenated alkanes) is 1. The maximum atomic E-state index is 14.2. The first-order valence-corrected chi connectivity index (χ1v) is 15.8. The van der Waals surface area contributed by atoms with Crippen LogP contribution in [0.1, 0.15) is 30.9 Å². The van der Waals surface area contributed by atoms with Crippen LogP contribution in [0.15, 0.2) is 72.8 Å². The van der Waals surface area contributed by atoms with Gasteiger partial charge in [0.15, 0.2) is 0 Å². The average Bonchev–Trinajstić information content (AvgIpc) is 2.94. The quantitative estimate of drug-likeness (QED) is 0.246. The Labute approximate surface area is 252 Å². The van der Waals surface area contributed by atoms with E-state index in [9.17, 15) is 18.0 Å². The molecule has 0 saturated heterocycles. The molecule has 220 valence electrons. The second-order valence-electron chi connectivity index (χ2n) is 9.55. The summed E-state index contributed by atoms with van der Waals surface area (Å²) >= 11 is 12.7. The highest BCUT2D eigenvalue weighted by Gasteiger charge is 2.34. The number of carbonyl (C=O) groups is 2. The van der Waals surface area contributed by atoms with Crippen LogP contribution in [0, 0.1) is 0 Å². The van der Waals surface area contributed by atoms with E-state index in [-0.39, 0.29) is 35.3 Å². The molecule has 1 N–H and O–H groups in total. The van der Waals surface area contributed by atoms with Crippen LogP contribution >= 0.6 is 23.2 Å². The number of amides is 2. The maximum Gasteiger partial charge on any atom is 0.244 e. The molecular weight excluding hydrogens is 585 g/mol. The summed E-state index contributed by atoms with van der Waals surface area (Å²) < 4.78 is 32.3. The molecule has 0 bridgehead atoms. The topological polar surface area (TPSA) is 96.0 Å². The lowest BCUT2D eigenvalue weighted by molar-refractivity contribution is -0.140. The van der Waals surface area contributed by atoms with Gasteiger partial charge >= 0.3 is 0 Å². The van der Waals surface area contributed by atoms with E-state index >= 15 is 0 Å². The number of ether oxygens (including phenoxy) is 1. The summed E-state index contributed by atoms with van der Waals surface area (Å²) in [6.45, 7) is 1.86. The largest absolute Gasteiger partial charge is 0.495 e. The number of halogens is 2. The predicted molar refractivity (Wildman–Crippen MR) is 164 cm³/mol. The number of carbonyl (C=O) groups excluding carboxylic acids is 2. The summed E-state index contributed by atoms with van der Waals surface area (Å²) in [5.74, 6) is -0.707. The standard InChI is InChI=1S/C30H35Cl2N3O5S/c1-4-5-17-33-30(37)27(18-22-11-7-6-8-12-22)34(20-23-13-9-10-14-25(23)32)29(36)21-35(41(3,38)39)26-19-24(31)15-16-28(26)40-2/h6-16,19,27H,4-5,17-18,20-21H2,1-3H3,(H,33,37). The molecule has 0 radical (unpaired) electrons. The lowest BCUT2D eigenvalue weighted by Gasteiger charge is -2.34. The number of nitrogens with one attached hydrogen (secondary N) is 1. The van der Waals surface area contributed by atoms with Crippen LogP contribution in [0.5, 0.6) is 5.75 Å². The molecular formula is C30H35Cl2N3O5S. The van der Waals surface area contributed by atoms with Crippen LogP contribution in [0.4, 0.5) is 5.69 Å². The molecule has 0 aliphatic heterocycles. The van der Waals surface area contributed by atoms with Gasteiger partial charge in [0, 0.05) is 29.6 Å². The van der Waals surface area contributed by atoms with Gasteiger partial charge in [-0.2, -0.15) is 0 Å². The molecule has 0 fully saturated rings. The van der Waals surface area contributed by atoms with E-state index in [0.29, 0.717) is 17.1 Å². The van der Waals surface area contributed by atoms with Crippen LogP contribution in [0.2, 0.25) is 10.0 Å². The fourth-order valence-electron chi connectivity index (χ4n) is 4.32. The summed E-state index contributed by atoms with van der Waals surface area (Å²) in [4.78, 5) is 29.2. The predicted octanol–water partition coefficient (Wildman–Crippen LogP) is 5.32. The maximum absolute atomic E-state index is 14.2. The summed E-state index contributed by atoms with van der Waals surface area (Å²) in [7, 11) is -2.58. The van der Waals surface area contributed by atoms with E-state index < -0.39 is 28.5 Å². The smallest absolute Gasteiger partial charge is 0.244 e. The minimum Gasteiger partial charge on any atom is -0.495 e. The molecule has 3 aromatic rings. The Hall–Kier alpha value is -3.27. The van der Waals surface area contributed by atoms with Gasteiger partial charge in [0.05, 0.1) is 19.1 Å². The van der Waals surface area contributed by atoms with Crippen molar-refractivity contribution >= 4 is 50.7 Å². The normalized spacial score (nSPS) is 11.9. The fraction of sp³-hybridized carbons (Fsp3) is 0.333. The Kier molecular flexibility index (Phi) is 11.9. The molecule has 0 aromatic heterocycles. The number of anilines is 1. The van der Waals surface area contributed by atoms with E-state index in [1.54, 1.807) is 30.3 Å². The van der Waals surface area contributed by atoms with Gasteiger partial charge in [-0.05, 0) is 41.8 Å². The van der Waals surface area contributed by atoms with E-state index in [4.69, 9.17) is 27.9 Å². The molecule has 11 heteroatoms. The molecule has 0 aliphatic carbocycles. The summed E-state index contributed by atoms with van der Waals surface area (Å²) in [6, 6.07) is 19.9. The van der Waals surface area contributed by atoms with Crippen molar-refractivity contribution in [2.24, 2.45) is 0 Å². The Bertz CT molecular complexity index is 1440. The third kappa shape index (κ3) is 9.11. The molecule has 0 spiro atoms. The zero-order valence-electron chi connectivity index (χ0n) is 23.3. The first-order chi connectivity index (χ1) is 19.5. The third-order valence-corrected chi connectivity index (χ3v) is 8.22. The monoisotopic (exact) mass is 619 g/mol. The van der Waals surface area contributed by atoms with Gasteiger partial charge in [-0.15, -0.1) is 0 Å². The highest BCUT2D eigenvalue weighted by atomic mass is 35.5. The summed E-state index contributed by atoms with van der Waals surface area (Å²) in [5.41, 5.74) is 1.57. The first kappa shape index (κ1) is 32.2. The van der Waals surface area contributed by atoms with Crippen LogP contribution in [0.25, 0.3) is 0 Å². The summed E-state index contributed by atoms with van der Waals surface area (Å²) in [6.07, 6.45) is 2.88. The van der Waals surface area contributed by atoms with Crippen molar-refractivity contribution < 1.29 is 22.7 Å². The van der Waals surface area contributed by atoms with E-state index in [0.717, 1.165) is 29.0 Å². The minimum atomic E-state index is -3.98. The molecule has 2 amide bonds. The second-order valence-corrected chi connectivity index (χ2v) is 12.3. The molecule has 0 saturated carbocycles. The van der Waals surface area contributed by atoms with Gasteiger partial charge in [0.25, 0.3) is 0 Å². The van der Waals surface area contributed by atoms with E-state index in [2.05, 4.69) is 5.32 Å². The lowest BCUT2D eigenvalue weighted by atomic mass is 10.0.